The molecule has 0 radical (unpaired) electrons. The van der Waals surface area contributed by atoms with Crippen LogP contribution in [0.2, 0.25) is 15.1 Å². The van der Waals surface area contributed by atoms with Crippen molar-refractivity contribution in [2.45, 2.75) is 38.1 Å². The van der Waals surface area contributed by atoms with Gasteiger partial charge < -0.3 is 5.32 Å². The van der Waals surface area contributed by atoms with Gasteiger partial charge in [0.25, 0.3) is 5.91 Å². The van der Waals surface area contributed by atoms with Crippen molar-refractivity contribution >= 4 is 62.1 Å². The molecule has 0 saturated heterocycles. The number of rotatable bonds is 2. The second-order valence-electron chi connectivity index (χ2n) is 5.31. The van der Waals surface area contributed by atoms with Crippen molar-refractivity contribution in [2.24, 2.45) is 0 Å². The summed E-state index contributed by atoms with van der Waals surface area (Å²) in [5.41, 5.74) is 0. The first-order chi connectivity index (χ1) is 10.1. The molecule has 6 heteroatoms. The Morgan fingerprint density at radius 1 is 1.14 bits per heavy atom. The topological polar surface area (TPSA) is 29.1 Å². The Labute approximate surface area is 142 Å². The molecule has 1 heterocycles. The van der Waals surface area contributed by atoms with Crippen molar-refractivity contribution in [3.63, 3.8) is 0 Å². The van der Waals surface area contributed by atoms with Crippen LogP contribution in [0, 0.1) is 0 Å². The number of fused-ring (bicyclic) bond motifs is 1. The van der Waals surface area contributed by atoms with Crippen molar-refractivity contribution in [1.82, 2.24) is 5.32 Å². The highest BCUT2D eigenvalue weighted by atomic mass is 35.5. The molecule has 21 heavy (non-hydrogen) atoms. The zero-order chi connectivity index (χ0) is 15.0. The molecule has 1 saturated carbocycles. The quantitative estimate of drug-likeness (QED) is 0.705. The molecule has 2 nitrogen and oxygen atoms in total. The fourth-order valence-corrected chi connectivity index (χ4v) is 5.04. The van der Waals surface area contributed by atoms with Crippen LogP contribution < -0.4 is 5.32 Å². The number of thiophene rings is 1. The average Bonchev–Trinajstić information content (AvgIpc) is 2.77. The summed E-state index contributed by atoms with van der Waals surface area (Å²) in [7, 11) is 0. The number of halogens is 3. The van der Waals surface area contributed by atoms with E-state index in [0.717, 1.165) is 17.5 Å². The molecule has 0 aliphatic heterocycles. The van der Waals surface area contributed by atoms with Gasteiger partial charge in [-0.25, -0.2) is 0 Å². The maximum atomic E-state index is 12.4. The highest BCUT2D eigenvalue weighted by molar-refractivity contribution is 7.21. The van der Waals surface area contributed by atoms with Gasteiger partial charge in [0.05, 0.1) is 10.0 Å². The van der Waals surface area contributed by atoms with Crippen molar-refractivity contribution < 1.29 is 4.79 Å². The summed E-state index contributed by atoms with van der Waals surface area (Å²) in [6, 6.07) is 3.69. The third-order valence-electron chi connectivity index (χ3n) is 3.80. The molecule has 1 amide bonds. The van der Waals surface area contributed by atoms with Crippen LogP contribution in [0.3, 0.4) is 0 Å². The lowest BCUT2D eigenvalue weighted by molar-refractivity contribution is 0.0932. The smallest absolute Gasteiger partial charge is 0.263 e. The Morgan fingerprint density at radius 2 is 1.86 bits per heavy atom. The van der Waals surface area contributed by atoms with E-state index in [9.17, 15) is 4.79 Å². The number of hydrogen-bond donors (Lipinski definition) is 1. The van der Waals surface area contributed by atoms with Crippen LogP contribution in [0.15, 0.2) is 12.1 Å². The number of benzene rings is 1. The Bertz CT molecular complexity index is 692. The van der Waals surface area contributed by atoms with Gasteiger partial charge in [-0.3, -0.25) is 4.79 Å². The predicted octanol–water partition coefficient (Wildman–Crippen LogP) is 5.92. The summed E-state index contributed by atoms with van der Waals surface area (Å²) in [5, 5.41) is 5.24. The normalized spacial score (nSPS) is 16.3. The third-order valence-corrected chi connectivity index (χ3v) is 5.94. The van der Waals surface area contributed by atoms with E-state index in [1.165, 1.54) is 30.6 Å². The summed E-state index contributed by atoms with van der Waals surface area (Å²) in [6.45, 7) is 0. The highest BCUT2D eigenvalue weighted by Gasteiger charge is 2.22. The molecule has 0 unspecified atom stereocenters. The molecule has 3 rings (SSSR count). The van der Waals surface area contributed by atoms with Crippen LogP contribution in [0.25, 0.3) is 10.1 Å². The number of amides is 1. The molecule has 1 fully saturated rings. The Kier molecular flexibility index (Phi) is 4.65. The lowest BCUT2D eigenvalue weighted by atomic mass is 9.95. The van der Waals surface area contributed by atoms with Crippen LogP contribution in [-0.4, -0.2) is 11.9 Å². The summed E-state index contributed by atoms with van der Waals surface area (Å²) < 4.78 is 0.839. The standard InChI is InChI=1S/C15H14Cl3NOS/c16-8-6-10(17)12-11(7-8)21-14(13(12)18)15(20)19-9-4-2-1-3-5-9/h6-7,9H,1-5H2,(H,19,20). The molecule has 0 atom stereocenters. The van der Waals surface area contributed by atoms with E-state index in [1.807, 2.05) is 0 Å². The van der Waals surface area contributed by atoms with E-state index >= 15 is 0 Å². The first-order valence-corrected chi connectivity index (χ1v) is 8.89. The minimum absolute atomic E-state index is 0.111. The maximum Gasteiger partial charge on any atom is 0.263 e. The van der Waals surface area contributed by atoms with Crippen molar-refractivity contribution in [3.05, 3.63) is 32.1 Å². The van der Waals surface area contributed by atoms with Gasteiger partial charge in [-0.15, -0.1) is 11.3 Å². The van der Waals surface area contributed by atoms with Crippen molar-refractivity contribution in [1.29, 1.82) is 0 Å². The number of hydrogen-bond acceptors (Lipinski definition) is 2. The predicted molar refractivity (Wildman–Crippen MR) is 91.2 cm³/mol. The molecule has 1 aromatic carbocycles. The maximum absolute atomic E-state index is 12.4. The molecule has 1 aliphatic rings. The lowest BCUT2D eigenvalue weighted by Gasteiger charge is -2.22. The third kappa shape index (κ3) is 3.16. The largest absolute Gasteiger partial charge is 0.349 e. The fourth-order valence-electron chi connectivity index (χ4n) is 2.76. The number of carbonyl (C=O) groups excluding carboxylic acids is 1. The Morgan fingerprint density at radius 3 is 2.57 bits per heavy atom. The van der Waals surface area contributed by atoms with Crippen molar-refractivity contribution in [3.8, 4) is 0 Å². The number of carbonyl (C=O) groups is 1. The molecule has 1 N–H and O–H groups in total. The number of nitrogens with one attached hydrogen (secondary N) is 1. The second-order valence-corrected chi connectivity index (χ2v) is 7.59. The van der Waals surface area contributed by atoms with Gasteiger partial charge in [-0.1, -0.05) is 54.1 Å². The van der Waals surface area contributed by atoms with Gasteiger partial charge in [0, 0.05) is 21.2 Å². The van der Waals surface area contributed by atoms with E-state index < -0.39 is 0 Å². The SMILES string of the molecule is O=C(NC1CCCCC1)c1sc2cc(Cl)cc(Cl)c2c1Cl. The summed E-state index contributed by atoms with van der Waals surface area (Å²) in [6.07, 6.45) is 5.69. The van der Waals surface area contributed by atoms with E-state index in [4.69, 9.17) is 34.8 Å². The Hall–Kier alpha value is -0.480. The van der Waals surface area contributed by atoms with Crippen LogP contribution in [0.1, 0.15) is 41.8 Å². The first kappa shape index (κ1) is 15.4. The van der Waals surface area contributed by atoms with Crippen LogP contribution in [0.4, 0.5) is 0 Å². The van der Waals surface area contributed by atoms with Gasteiger partial charge in [0.15, 0.2) is 0 Å². The highest BCUT2D eigenvalue weighted by Crippen LogP contribution is 2.41. The molecule has 112 valence electrons. The molecule has 1 aromatic heterocycles. The molecule has 2 aromatic rings. The molecule has 0 spiro atoms. The summed E-state index contributed by atoms with van der Waals surface area (Å²) in [5.74, 6) is -0.111. The molecular weight excluding hydrogens is 349 g/mol. The minimum atomic E-state index is -0.111. The van der Waals surface area contributed by atoms with E-state index in [-0.39, 0.29) is 11.9 Å². The van der Waals surface area contributed by atoms with Gasteiger partial charge in [0.2, 0.25) is 0 Å². The zero-order valence-corrected chi connectivity index (χ0v) is 14.3. The second kappa shape index (κ2) is 6.33. The monoisotopic (exact) mass is 361 g/mol. The van der Waals surface area contributed by atoms with E-state index in [2.05, 4.69) is 5.32 Å². The Balaban J connectivity index is 1.91. The van der Waals surface area contributed by atoms with Crippen LogP contribution in [-0.2, 0) is 0 Å². The van der Waals surface area contributed by atoms with Crippen LogP contribution >= 0.6 is 46.1 Å². The summed E-state index contributed by atoms with van der Waals surface area (Å²) >= 11 is 19.9. The molecule has 1 aliphatic carbocycles. The van der Waals surface area contributed by atoms with E-state index in [0.29, 0.717) is 25.3 Å². The van der Waals surface area contributed by atoms with Crippen LogP contribution in [0.5, 0.6) is 0 Å². The van der Waals surface area contributed by atoms with Gasteiger partial charge in [-0.2, -0.15) is 0 Å². The van der Waals surface area contributed by atoms with Gasteiger partial charge >= 0.3 is 0 Å². The van der Waals surface area contributed by atoms with Crippen molar-refractivity contribution in [2.75, 3.05) is 0 Å². The summed E-state index contributed by atoms with van der Waals surface area (Å²) in [4.78, 5) is 13.0. The minimum Gasteiger partial charge on any atom is -0.349 e. The van der Waals surface area contributed by atoms with E-state index in [1.54, 1.807) is 12.1 Å². The fraction of sp³-hybridized carbons (Fsp3) is 0.400. The lowest BCUT2D eigenvalue weighted by Crippen LogP contribution is -2.35. The zero-order valence-electron chi connectivity index (χ0n) is 11.2. The average molecular weight is 363 g/mol. The first-order valence-electron chi connectivity index (χ1n) is 6.94. The van der Waals surface area contributed by atoms with Gasteiger partial charge in [0.1, 0.15) is 4.88 Å². The van der Waals surface area contributed by atoms with Gasteiger partial charge in [-0.05, 0) is 25.0 Å². The molecule has 0 bridgehead atoms. The molecular formula is C15H14Cl3NOS.